The predicted molar refractivity (Wildman–Crippen MR) is 76.8 cm³/mol. The van der Waals surface area contributed by atoms with E-state index in [1.165, 1.54) is 0 Å². The van der Waals surface area contributed by atoms with E-state index >= 15 is 0 Å². The largest absolute Gasteiger partial charge is 0.619 e. The van der Waals surface area contributed by atoms with Crippen LogP contribution in [0.5, 0.6) is 0 Å². The van der Waals surface area contributed by atoms with Gasteiger partial charge >= 0.3 is 5.69 Å². The maximum absolute atomic E-state index is 13.8. The predicted octanol–water partition coefficient (Wildman–Crippen LogP) is 0.503. The number of halogens is 1. The maximum Gasteiger partial charge on any atom is 0.311 e. The molecule has 1 aromatic carbocycles. The van der Waals surface area contributed by atoms with Crippen molar-refractivity contribution in [3.05, 3.63) is 33.3 Å². The van der Waals surface area contributed by atoms with Crippen molar-refractivity contribution in [3.8, 4) is 0 Å². The molecule has 0 aromatic heterocycles. The lowest BCUT2D eigenvalue weighted by Gasteiger charge is -2.34. The van der Waals surface area contributed by atoms with Crippen LogP contribution in [-0.4, -0.2) is 60.0 Å². The third-order valence-corrected chi connectivity index (χ3v) is 3.35. The number of anilines is 1. The standard InChI is InChI=1S/C12H15FN4O3.H2O/c1-14-3-5-16(6-4-14)12-7-9(13)10(17(19)20)8-11(12)15(2)18;/h7-8H,2-6H2,1H3;1H2. The number of benzene rings is 1. The van der Waals surface area contributed by atoms with Crippen LogP contribution >= 0.6 is 0 Å². The van der Waals surface area contributed by atoms with Crippen molar-refractivity contribution >= 4 is 23.8 Å². The zero-order valence-corrected chi connectivity index (χ0v) is 11.6. The van der Waals surface area contributed by atoms with Crippen LogP contribution in [0.25, 0.3) is 0 Å². The third kappa shape index (κ3) is 3.44. The lowest BCUT2D eigenvalue weighted by Crippen LogP contribution is -2.44. The van der Waals surface area contributed by atoms with Gasteiger partial charge in [-0.05, 0) is 7.05 Å². The first-order valence-corrected chi connectivity index (χ1v) is 6.09. The Labute approximate surface area is 120 Å². The molecule has 1 aliphatic rings. The number of rotatable bonds is 3. The van der Waals surface area contributed by atoms with E-state index < -0.39 is 16.4 Å². The molecule has 0 aliphatic carbocycles. The van der Waals surface area contributed by atoms with Crippen molar-refractivity contribution in [1.82, 2.24) is 4.90 Å². The smallest absolute Gasteiger partial charge is 0.311 e. The Kier molecular flexibility index (Phi) is 5.17. The van der Waals surface area contributed by atoms with Gasteiger partial charge in [-0.15, -0.1) is 0 Å². The normalized spacial score (nSPS) is 15.4. The number of hydrogen-bond acceptors (Lipinski definition) is 5. The van der Waals surface area contributed by atoms with Crippen molar-refractivity contribution < 1.29 is 19.5 Å². The van der Waals surface area contributed by atoms with Gasteiger partial charge in [-0.1, -0.05) is 0 Å². The summed E-state index contributed by atoms with van der Waals surface area (Å²) in [5.74, 6) is -0.950. The summed E-state index contributed by atoms with van der Waals surface area (Å²) in [4.78, 5) is 13.8. The lowest BCUT2D eigenvalue weighted by atomic mass is 10.2. The van der Waals surface area contributed by atoms with Gasteiger partial charge in [0.1, 0.15) is 12.4 Å². The van der Waals surface area contributed by atoms with E-state index in [1.54, 1.807) is 0 Å². The number of nitrogens with zero attached hydrogens (tertiary/aromatic N) is 4. The van der Waals surface area contributed by atoms with Crippen LogP contribution < -0.4 is 4.90 Å². The lowest BCUT2D eigenvalue weighted by molar-refractivity contribution is -0.389. The molecule has 0 atom stereocenters. The van der Waals surface area contributed by atoms with Crippen LogP contribution in [-0.2, 0) is 0 Å². The Balaban J connectivity index is 0.00000220. The van der Waals surface area contributed by atoms with Gasteiger partial charge in [-0.2, -0.15) is 9.13 Å². The summed E-state index contributed by atoms with van der Waals surface area (Å²) >= 11 is 0. The molecule has 0 spiro atoms. The number of nitro benzene ring substituents is 1. The summed E-state index contributed by atoms with van der Waals surface area (Å²) in [5, 5.41) is 22.2. The minimum Gasteiger partial charge on any atom is -0.619 e. The van der Waals surface area contributed by atoms with E-state index in [0.717, 1.165) is 25.2 Å². The van der Waals surface area contributed by atoms with Crippen LogP contribution in [0.3, 0.4) is 0 Å². The first-order valence-electron chi connectivity index (χ1n) is 6.09. The molecule has 8 nitrogen and oxygen atoms in total. The van der Waals surface area contributed by atoms with Crippen molar-refractivity contribution in [2.75, 3.05) is 38.1 Å². The van der Waals surface area contributed by atoms with Gasteiger partial charge < -0.3 is 20.5 Å². The number of nitro groups is 1. The van der Waals surface area contributed by atoms with Gasteiger partial charge in [0.05, 0.1) is 11.0 Å². The van der Waals surface area contributed by atoms with E-state index in [-0.39, 0.29) is 15.9 Å². The molecule has 1 saturated heterocycles. The molecular weight excluding hydrogens is 283 g/mol. The second-order valence-corrected chi connectivity index (χ2v) is 4.72. The van der Waals surface area contributed by atoms with Crippen LogP contribution in [0.15, 0.2) is 12.1 Å². The molecule has 0 saturated carbocycles. The molecule has 0 unspecified atom stereocenters. The van der Waals surface area contributed by atoms with E-state index in [0.29, 0.717) is 18.8 Å². The van der Waals surface area contributed by atoms with Crippen molar-refractivity contribution in [2.24, 2.45) is 0 Å². The van der Waals surface area contributed by atoms with Crippen LogP contribution in [0, 0.1) is 21.1 Å². The van der Waals surface area contributed by atoms with E-state index in [4.69, 9.17) is 0 Å². The van der Waals surface area contributed by atoms with Gasteiger partial charge in [0.2, 0.25) is 11.5 Å². The molecule has 1 fully saturated rings. The molecule has 9 heteroatoms. The Hall–Kier alpha value is -2.26. The topological polar surface area (TPSA) is 107 Å². The van der Waals surface area contributed by atoms with Gasteiger partial charge in [0, 0.05) is 32.2 Å². The highest BCUT2D eigenvalue weighted by Gasteiger charge is 2.26. The zero-order valence-electron chi connectivity index (χ0n) is 11.6. The van der Waals surface area contributed by atoms with Gasteiger partial charge in [-0.25, -0.2) is 0 Å². The molecule has 1 aromatic rings. The van der Waals surface area contributed by atoms with Crippen LogP contribution in [0.4, 0.5) is 21.5 Å². The second-order valence-electron chi connectivity index (χ2n) is 4.72. The Bertz CT molecular complexity index is 558. The zero-order chi connectivity index (χ0) is 14.9. The molecule has 2 N–H and O–H groups in total. The molecule has 0 radical (unpaired) electrons. The minimum absolute atomic E-state index is 0. The molecule has 0 amide bonds. The second kappa shape index (κ2) is 6.46. The highest BCUT2D eigenvalue weighted by atomic mass is 19.1. The summed E-state index contributed by atoms with van der Waals surface area (Å²) in [6.45, 7) is 5.99. The fourth-order valence-corrected chi connectivity index (χ4v) is 2.18. The van der Waals surface area contributed by atoms with Gasteiger partial charge in [0.15, 0.2) is 0 Å². The number of hydrogen-bond donors (Lipinski definition) is 0. The summed E-state index contributed by atoms with van der Waals surface area (Å²) in [7, 11) is 1.97. The fraction of sp³-hybridized carbons (Fsp3) is 0.417. The Morgan fingerprint density at radius 1 is 1.19 bits per heavy atom. The van der Waals surface area contributed by atoms with Crippen molar-refractivity contribution in [1.29, 1.82) is 0 Å². The van der Waals surface area contributed by atoms with Crippen molar-refractivity contribution in [3.63, 3.8) is 0 Å². The van der Waals surface area contributed by atoms with Gasteiger partial charge in [0.25, 0.3) is 0 Å². The highest BCUT2D eigenvalue weighted by molar-refractivity contribution is 5.68. The maximum atomic E-state index is 13.8. The molecule has 116 valence electrons. The van der Waals surface area contributed by atoms with Crippen LogP contribution in [0.1, 0.15) is 0 Å². The third-order valence-electron chi connectivity index (χ3n) is 3.35. The average Bonchev–Trinajstić information content (AvgIpc) is 2.38. The van der Waals surface area contributed by atoms with E-state index in [1.807, 2.05) is 11.9 Å². The number of likely N-dealkylation sites (N-methyl/N-ethyl adjacent to an activating group) is 1. The Morgan fingerprint density at radius 2 is 1.76 bits per heavy atom. The number of piperazine rings is 1. The summed E-state index contributed by atoms with van der Waals surface area (Å²) in [6.07, 6.45) is 0. The molecule has 0 bridgehead atoms. The van der Waals surface area contributed by atoms with Crippen molar-refractivity contribution in [2.45, 2.75) is 0 Å². The summed E-state index contributed by atoms with van der Waals surface area (Å²) < 4.78 is 14.0. The summed E-state index contributed by atoms with van der Waals surface area (Å²) in [6, 6.07) is 1.97. The quantitative estimate of drug-likeness (QED) is 0.266. The SMILES string of the molecule is C=[N+]([O-])c1cc([N+](=O)[O-])c(F)cc1N1CCN(C)CC1.O. The molecule has 1 aliphatic heterocycles. The minimum atomic E-state index is -0.950. The van der Waals surface area contributed by atoms with Crippen LogP contribution in [0.2, 0.25) is 0 Å². The first-order chi connectivity index (χ1) is 9.40. The molecule has 21 heavy (non-hydrogen) atoms. The fourth-order valence-electron chi connectivity index (χ4n) is 2.18. The summed E-state index contributed by atoms with van der Waals surface area (Å²) in [5.41, 5.74) is -0.378. The van der Waals surface area contributed by atoms with E-state index in [2.05, 4.69) is 11.6 Å². The monoisotopic (exact) mass is 300 g/mol. The average molecular weight is 300 g/mol. The van der Waals surface area contributed by atoms with E-state index in [9.17, 15) is 19.7 Å². The van der Waals surface area contributed by atoms with Gasteiger partial charge in [-0.3, -0.25) is 10.1 Å². The highest BCUT2D eigenvalue weighted by Crippen LogP contribution is 2.34. The molecule has 1 heterocycles. The molecule has 2 rings (SSSR count). The molecular formula is C12H17FN4O4. The first kappa shape index (κ1) is 16.8. The Morgan fingerprint density at radius 3 is 2.24 bits per heavy atom.